The van der Waals surface area contributed by atoms with Crippen molar-refractivity contribution in [2.24, 2.45) is 0 Å². The Morgan fingerprint density at radius 3 is 2.22 bits per heavy atom. The Morgan fingerprint density at radius 1 is 0.611 bits per heavy atom. The molecule has 6 nitrogen and oxygen atoms in total. The quantitative estimate of drug-likeness (QED) is 0.293. The lowest BCUT2D eigenvalue weighted by molar-refractivity contribution is 0.586. The zero-order valence-corrected chi connectivity index (χ0v) is 18.8. The Labute approximate surface area is 203 Å². The van der Waals surface area contributed by atoms with Crippen LogP contribution in [0, 0.1) is 0 Å². The molecular weight excluding hydrogens is 448 g/mol. The standard InChI is InChI=1S/C30H16N4O2/c35-30-23-16-15-21(29-33-32-28(36-29)20-11-5-8-17-7-1-2-9-18(17)20)19-10-6-12-22(26(19)23)27-31-24-13-3-4-14-25(24)34(27)30/h1-16H. The summed E-state index contributed by atoms with van der Waals surface area (Å²) in [6.45, 7) is 0. The fourth-order valence-electron chi connectivity index (χ4n) is 5.34. The zero-order valence-electron chi connectivity index (χ0n) is 18.8. The highest BCUT2D eigenvalue weighted by atomic mass is 16.4. The minimum atomic E-state index is -0.0871. The average Bonchev–Trinajstić information content (AvgIpc) is 3.57. The number of hydrogen-bond donors (Lipinski definition) is 0. The van der Waals surface area contributed by atoms with Gasteiger partial charge in [0.2, 0.25) is 11.8 Å². The third-order valence-corrected chi connectivity index (χ3v) is 6.95. The number of imidazole rings is 1. The number of fused-ring (bicyclic) bond motifs is 5. The predicted octanol–water partition coefficient (Wildman–Crippen LogP) is 6.46. The van der Waals surface area contributed by atoms with Gasteiger partial charge in [0.1, 0.15) is 5.65 Å². The van der Waals surface area contributed by atoms with Gasteiger partial charge in [0.05, 0.1) is 11.0 Å². The van der Waals surface area contributed by atoms with E-state index in [1.54, 1.807) is 4.40 Å². The van der Waals surface area contributed by atoms with Gasteiger partial charge in [-0.3, -0.25) is 9.20 Å². The van der Waals surface area contributed by atoms with Gasteiger partial charge >= 0.3 is 0 Å². The average molecular weight is 464 g/mol. The van der Waals surface area contributed by atoms with Crippen molar-refractivity contribution in [3.8, 4) is 22.9 Å². The summed E-state index contributed by atoms with van der Waals surface area (Å²) >= 11 is 0. The van der Waals surface area contributed by atoms with Crippen LogP contribution in [-0.4, -0.2) is 19.6 Å². The summed E-state index contributed by atoms with van der Waals surface area (Å²) < 4.78 is 7.93. The third kappa shape index (κ3) is 2.50. The van der Waals surface area contributed by atoms with Crippen LogP contribution in [0.1, 0.15) is 0 Å². The maximum atomic E-state index is 13.6. The normalized spacial score (nSPS) is 12.0. The molecule has 5 aromatic carbocycles. The number of nitrogens with zero attached hydrogens (tertiary/aromatic N) is 4. The zero-order chi connectivity index (χ0) is 23.8. The lowest BCUT2D eigenvalue weighted by Crippen LogP contribution is -2.13. The molecule has 0 fully saturated rings. The summed E-state index contributed by atoms with van der Waals surface area (Å²) in [5.74, 6) is 0.869. The molecule has 0 aliphatic rings. The van der Waals surface area contributed by atoms with Gasteiger partial charge in [0, 0.05) is 27.3 Å². The molecule has 0 N–H and O–H groups in total. The molecule has 0 amide bonds. The highest BCUT2D eigenvalue weighted by Crippen LogP contribution is 2.37. The Morgan fingerprint density at radius 2 is 1.31 bits per heavy atom. The van der Waals surface area contributed by atoms with E-state index in [1.165, 1.54) is 0 Å². The van der Waals surface area contributed by atoms with Crippen molar-refractivity contribution in [3.63, 3.8) is 0 Å². The van der Waals surface area contributed by atoms with Crippen molar-refractivity contribution in [1.29, 1.82) is 0 Å². The van der Waals surface area contributed by atoms with E-state index in [2.05, 4.69) is 28.4 Å². The molecule has 0 saturated heterocycles. The van der Waals surface area contributed by atoms with Gasteiger partial charge in [-0.1, -0.05) is 66.7 Å². The van der Waals surface area contributed by atoms with Crippen molar-refractivity contribution in [1.82, 2.24) is 19.6 Å². The smallest absolute Gasteiger partial charge is 0.264 e. The maximum absolute atomic E-state index is 13.6. The van der Waals surface area contributed by atoms with Crippen molar-refractivity contribution in [3.05, 3.63) is 107 Å². The molecule has 6 heteroatoms. The van der Waals surface area contributed by atoms with Crippen LogP contribution in [0.4, 0.5) is 0 Å². The molecule has 0 spiro atoms. The van der Waals surface area contributed by atoms with E-state index in [4.69, 9.17) is 9.40 Å². The van der Waals surface area contributed by atoms with Gasteiger partial charge in [-0.15, -0.1) is 10.2 Å². The maximum Gasteiger partial charge on any atom is 0.264 e. The summed E-state index contributed by atoms with van der Waals surface area (Å²) in [5, 5.41) is 14.2. The SMILES string of the molecule is O=c1c2ccc(-c3nnc(-c4cccc5ccccc45)o3)c3cccc(c32)c2nc3ccccc3n12. The number of rotatable bonds is 2. The second kappa shape index (κ2) is 6.96. The number of hydrogen-bond acceptors (Lipinski definition) is 5. The van der Waals surface area contributed by atoms with Gasteiger partial charge in [-0.2, -0.15) is 0 Å². The molecule has 0 bridgehead atoms. The Hall–Kier alpha value is -5.10. The van der Waals surface area contributed by atoms with Crippen LogP contribution in [0.2, 0.25) is 0 Å². The lowest BCUT2D eigenvalue weighted by atomic mass is 9.98. The van der Waals surface area contributed by atoms with Crippen LogP contribution in [0.5, 0.6) is 0 Å². The molecule has 168 valence electrons. The topological polar surface area (TPSA) is 73.3 Å². The number of para-hydroxylation sites is 2. The van der Waals surface area contributed by atoms with Gasteiger partial charge in [-0.25, -0.2) is 4.98 Å². The lowest BCUT2D eigenvalue weighted by Gasteiger charge is -2.09. The van der Waals surface area contributed by atoms with E-state index < -0.39 is 0 Å². The summed E-state index contributed by atoms with van der Waals surface area (Å²) in [6, 6.07) is 31.6. The molecule has 3 heterocycles. The molecule has 36 heavy (non-hydrogen) atoms. The number of aromatic nitrogens is 4. The minimum Gasteiger partial charge on any atom is -0.416 e. The van der Waals surface area contributed by atoms with Crippen molar-refractivity contribution < 1.29 is 4.42 Å². The molecule has 0 aliphatic heterocycles. The minimum absolute atomic E-state index is 0.0871. The Bertz CT molecular complexity index is 2190. The molecule has 3 aromatic heterocycles. The first-order chi connectivity index (χ1) is 17.8. The summed E-state index contributed by atoms with van der Waals surface area (Å²) in [4.78, 5) is 18.4. The summed E-state index contributed by atoms with van der Waals surface area (Å²) in [5.41, 5.74) is 3.84. The van der Waals surface area contributed by atoms with Crippen molar-refractivity contribution in [2.45, 2.75) is 0 Å². The van der Waals surface area contributed by atoms with Gasteiger partial charge < -0.3 is 4.42 Å². The molecule has 8 rings (SSSR count). The third-order valence-electron chi connectivity index (χ3n) is 6.95. The molecule has 8 aromatic rings. The monoisotopic (exact) mass is 464 g/mol. The molecular formula is C30H16N4O2. The highest BCUT2D eigenvalue weighted by molar-refractivity contribution is 6.18. The van der Waals surface area contributed by atoms with Crippen LogP contribution in [0.25, 0.3) is 71.9 Å². The first-order valence-electron chi connectivity index (χ1n) is 11.7. The Kier molecular flexibility index (Phi) is 3.72. The van der Waals surface area contributed by atoms with Crippen LogP contribution >= 0.6 is 0 Å². The van der Waals surface area contributed by atoms with Gasteiger partial charge in [0.25, 0.3) is 5.56 Å². The molecule has 0 aliphatic carbocycles. The fraction of sp³-hybridized carbons (Fsp3) is 0. The van der Waals surface area contributed by atoms with Crippen LogP contribution in [0.15, 0.2) is 106 Å². The van der Waals surface area contributed by atoms with Gasteiger partial charge in [0.15, 0.2) is 0 Å². The van der Waals surface area contributed by atoms with E-state index in [0.29, 0.717) is 22.8 Å². The summed E-state index contributed by atoms with van der Waals surface area (Å²) in [6.07, 6.45) is 0. The first-order valence-corrected chi connectivity index (χ1v) is 11.7. The van der Waals surface area contributed by atoms with E-state index >= 15 is 0 Å². The number of pyridine rings is 1. The fourth-order valence-corrected chi connectivity index (χ4v) is 5.34. The molecule has 0 unspecified atom stereocenters. The van der Waals surface area contributed by atoms with E-state index in [1.807, 2.05) is 78.9 Å². The van der Waals surface area contributed by atoms with Crippen LogP contribution in [0.3, 0.4) is 0 Å². The highest BCUT2D eigenvalue weighted by Gasteiger charge is 2.20. The van der Waals surface area contributed by atoms with E-state index in [9.17, 15) is 4.79 Å². The molecule has 0 atom stereocenters. The Balaban J connectivity index is 1.40. The number of benzene rings is 5. The molecule has 0 saturated carbocycles. The largest absolute Gasteiger partial charge is 0.416 e. The van der Waals surface area contributed by atoms with Crippen molar-refractivity contribution >= 4 is 49.0 Å². The summed E-state index contributed by atoms with van der Waals surface area (Å²) in [7, 11) is 0. The van der Waals surface area contributed by atoms with Crippen molar-refractivity contribution in [2.75, 3.05) is 0 Å². The van der Waals surface area contributed by atoms with E-state index in [0.717, 1.165) is 49.1 Å². The van der Waals surface area contributed by atoms with Gasteiger partial charge in [-0.05, 0) is 46.5 Å². The van der Waals surface area contributed by atoms with Crippen LogP contribution in [-0.2, 0) is 0 Å². The first kappa shape index (κ1) is 19.2. The van der Waals surface area contributed by atoms with Crippen LogP contribution < -0.4 is 5.56 Å². The van der Waals surface area contributed by atoms with E-state index in [-0.39, 0.29) is 5.56 Å². The predicted molar refractivity (Wildman–Crippen MR) is 141 cm³/mol. The molecule has 0 radical (unpaired) electrons. The second-order valence-electron chi connectivity index (χ2n) is 8.89. The second-order valence-corrected chi connectivity index (χ2v) is 8.89.